The number of hydrogen-bond acceptors (Lipinski definition) is 4. The van der Waals surface area contributed by atoms with Crippen LogP contribution in [-0.4, -0.2) is 44.3 Å². The number of benzene rings is 3. The van der Waals surface area contributed by atoms with E-state index < -0.39 is 28.5 Å². The van der Waals surface area contributed by atoms with Crippen molar-refractivity contribution in [3.8, 4) is 0 Å². The van der Waals surface area contributed by atoms with Gasteiger partial charge in [0.1, 0.15) is 12.6 Å². The molecule has 0 fully saturated rings. The van der Waals surface area contributed by atoms with Crippen LogP contribution in [0.4, 0.5) is 5.69 Å². The average Bonchev–Trinajstić information content (AvgIpc) is 2.89. The first kappa shape index (κ1) is 28.5. The summed E-state index contributed by atoms with van der Waals surface area (Å²) in [7, 11) is -4.17. The molecule has 2 amide bonds. The Morgan fingerprint density at radius 1 is 0.946 bits per heavy atom. The fraction of sp³-hybridized carbons (Fsp3) is 0.259. The summed E-state index contributed by atoms with van der Waals surface area (Å²) in [5, 5.41) is 3.46. The van der Waals surface area contributed by atoms with Gasteiger partial charge in [0.05, 0.1) is 15.6 Å². The second-order valence-corrected chi connectivity index (χ2v) is 11.1. The maximum atomic E-state index is 13.8. The van der Waals surface area contributed by atoms with Crippen LogP contribution in [0.2, 0.25) is 10.0 Å². The smallest absolute Gasteiger partial charge is 0.264 e. The molecule has 0 unspecified atom stereocenters. The van der Waals surface area contributed by atoms with Gasteiger partial charge in [0.15, 0.2) is 0 Å². The van der Waals surface area contributed by atoms with Gasteiger partial charge in [0.25, 0.3) is 10.0 Å². The predicted octanol–water partition coefficient (Wildman–Crippen LogP) is 5.13. The monoisotopic (exact) mass is 561 g/mol. The van der Waals surface area contributed by atoms with Crippen molar-refractivity contribution in [1.29, 1.82) is 0 Å². The van der Waals surface area contributed by atoms with E-state index in [1.54, 1.807) is 67.6 Å². The normalized spacial score (nSPS) is 12.0. The summed E-state index contributed by atoms with van der Waals surface area (Å²) < 4.78 is 28.4. The van der Waals surface area contributed by atoms with Gasteiger partial charge in [-0.2, -0.15) is 0 Å². The number of sulfonamides is 1. The maximum Gasteiger partial charge on any atom is 0.264 e. The number of hydrogen-bond donors (Lipinski definition) is 1. The zero-order valence-electron chi connectivity index (χ0n) is 20.6. The second kappa shape index (κ2) is 12.9. The molecule has 0 saturated carbocycles. The van der Waals surface area contributed by atoms with E-state index in [0.29, 0.717) is 17.1 Å². The van der Waals surface area contributed by atoms with Crippen LogP contribution >= 0.6 is 23.2 Å². The van der Waals surface area contributed by atoms with Crippen LogP contribution in [0.15, 0.2) is 83.8 Å². The molecule has 0 aliphatic rings. The highest BCUT2D eigenvalue weighted by Gasteiger charge is 2.33. The van der Waals surface area contributed by atoms with Gasteiger partial charge in [-0.15, -0.1) is 0 Å². The van der Waals surface area contributed by atoms with Crippen molar-refractivity contribution in [2.45, 2.75) is 37.8 Å². The Balaban J connectivity index is 2.02. The van der Waals surface area contributed by atoms with E-state index in [4.69, 9.17) is 23.2 Å². The molecule has 0 spiro atoms. The minimum absolute atomic E-state index is 0.0119. The number of nitrogens with zero attached hydrogens (tertiary/aromatic N) is 2. The zero-order valence-corrected chi connectivity index (χ0v) is 22.9. The Labute approximate surface area is 228 Å². The van der Waals surface area contributed by atoms with Crippen LogP contribution in [0.5, 0.6) is 0 Å². The number of amides is 2. The molecule has 1 atom stereocenters. The summed E-state index contributed by atoms with van der Waals surface area (Å²) in [6.45, 7) is 3.49. The molecule has 37 heavy (non-hydrogen) atoms. The number of halogens is 2. The van der Waals surface area contributed by atoms with E-state index in [2.05, 4.69) is 5.32 Å². The highest BCUT2D eigenvalue weighted by atomic mass is 35.5. The minimum atomic E-state index is -4.17. The molecule has 0 aromatic heterocycles. The Morgan fingerprint density at radius 2 is 1.62 bits per heavy atom. The number of carbonyl (C=O) groups excluding carboxylic acids is 2. The summed E-state index contributed by atoms with van der Waals surface area (Å²) in [5.41, 5.74) is 0.860. The standard InChI is InChI=1S/C27H29Cl2N3O4S/c1-3-16-30-27(34)20(2)31(18-21-10-9-11-22(28)17-21)26(33)19-32(25-15-8-7-14-24(25)29)37(35,36)23-12-5-4-6-13-23/h4-15,17,20H,3,16,18-19H2,1-2H3,(H,30,34)/t20-/m0/s1. The molecule has 0 radical (unpaired) electrons. The number of nitrogens with one attached hydrogen (secondary N) is 1. The molecule has 0 heterocycles. The van der Waals surface area contributed by atoms with Gasteiger partial charge in [-0.05, 0) is 55.3 Å². The average molecular weight is 563 g/mol. The quantitative estimate of drug-likeness (QED) is 0.351. The predicted molar refractivity (Wildman–Crippen MR) is 147 cm³/mol. The third-order valence-electron chi connectivity index (χ3n) is 5.69. The van der Waals surface area contributed by atoms with Gasteiger partial charge < -0.3 is 10.2 Å². The van der Waals surface area contributed by atoms with Gasteiger partial charge in [-0.3, -0.25) is 13.9 Å². The lowest BCUT2D eigenvalue weighted by Crippen LogP contribution is -2.51. The third-order valence-corrected chi connectivity index (χ3v) is 8.02. The van der Waals surface area contributed by atoms with Crippen LogP contribution in [0, 0.1) is 0 Å². The molecular weight excluding hydrogens is 533 g/mol. The fourth-order valence-corrected chi connectivity index (χ4v) is 5.65. The summed E-state index contributed by atoms with van der Waals surface area (Å²) in [6, 6.07) is 20.3. The number of para-hydroxylation sites is 1. The van der Waals surface area contributed by atoms with E-state index in [1.807, 2.05) is 6.92 Å². The van der Waals surface area contributed by atoms with E-state index in [9.17, 15) is 18.0 Å². The summed E-state index contributed by atoms with van der Waals surface area (Å²) in [6.07, 6.45) is 0.732. The Bertz CT molecular complexity index is 1340. The van der Waals surface area contributed by atoms with Gasteiger partial charge in [-0.1, -0.05) is 72.6 Å². The molecule has 196 valence electrons. The summed E-state index contributed by atoms with van der Waals surface area (Å²) in [4.78, 5) is 28.0. The van der Waals surface area contributed by atoms with Crippen LogP contribution in [-0.2, 0) is 26.2 Å². The van der Waals surface area contributed by atoms with E-state index in [1.165, 1.54) is 23.1 Å². The number of anilines is 1. The highest BCUT2D eigenvalue weighted by molar-refractivity contribution is 7.92. The fourth-order valence-electron chi connectivity index (χ4n) is 3.70. The Kier molecular flexibility index (Phi) is 9.97. The lowest BCUT2D eigenvalue weighted by molar-refractivity contribution is -0.139. The number of carbonyl (C=O) groups is 2. The van der Waals surface area contributed by atoms with Crippen molar-refractivity contribution < 1.29 is 18.0 Å². The third kappa shape index (κ3) is 7.25. The molecular formula is C27H29Cl2N3O4S. The van der Waals surface area contributed by atoms with E-state index >= 15 is 0 Å². The zero-order chi connectivity index (χ0) is 27.0. The molecule has 3 aromatic carbocycles. The Hall–Kier alpha value is -3.07. The largest absolute Gasteiger partial charge is 0.354 e. The summed E-state index contributed by atoms with van der Waals surface area (Å²) >= 11 is 12.5. The molecule has 1 N–H and O–H groups in total. The van der Waals surface area contributed by atoms with E-state index in [0.717, 1.165) is 10.7 Å². The van der Waals surface area contributed by atoms with Gasteiger partial charge in [0.2, 0.25) is 11.8 Å². The molecule has 0 aliphatic carbocycles. The molecule has 10 heteroatoms. The minimum Gasteiger partial charge on any atom is -0.354 e. The summed E-state index contributed by atoms with van der Waals surface area (Å²) in [5.74, 6) is -0.911. The van der Waals surface area contributed by atoms with Crippen molar-refractivity contribution in [1.82, 2.24) is 10.2 Å². The van der Waals surface area contributed by atoms with Crippen LogP contribution < -0.4 is 9.62 Å². The van der Waals surface area contributed by atoms with Crippen molar-refractivity contribution in [2.24, 2.45) is 0 Å². The lowest BCUT2D eigenvalue weighted by atomic mass is 10.1. The van der Waals surface area contributed by atoms with Gasteiger partial charge in [-0.25, -0.2) is 8.42 Å². The highest BCUT2D eigenvalue weighted by Crippen LogP contribution is 2.30. The van der Waals surface area contributed by atoms with Gasteiger partial charge in [0, 0.05) is 18.1 Å². The first-order valence-electron chi connectivity index (χ1n) is 11.8. The van der Waals surface area contributed by atoms with E-state index in [-0.39, 0.29) is 28.1 Å². The topological polar surface area (TPSA) is 86.8 Å². The molecule has 7 nitrogen and oxygen atoms in total. The maximum absolute atomic E-state index is 13.8. The van der Waals surface area contributed by atoms with Crippen LogP contribution in [0.1, 0.15) is 25.8 Å². The van der Waals surface area contributed by atoms with Crippen molar-refractivity contribution in [3.63, 3.8) is 0 Å². The lowest BCUT2D eigenvalue weighted by Gasteiger charge is -2.32. The molecule has 0 aliphatic heterocycles. The van der Waals surface area contributed by atoms with Crippen molar-refractivity contribution in [2.75, 3.05) is 17.4 Å². The Morgan fingerprint density at radius 3 is 2.27 bits per heavy atom. The van der Waals surface area contributed by atoms with Crippen LogP contribution in [0.3, 0.4) is 0 Å². The van der Waals surface area contributed by atoms with Crippen LogP contribution in [0.25, 0.3) is 0 Å². The second-order valence-electron chi connectivity index (χ2n) is 8.39. The molecule has 0 bridgehead atoms. The number of rotatable bonds is 11. The molecule has 3 rings (SSSR count). The van der Waals surface area contributed by atoms with Gasteiger partial charge >= 0.3 is 0 Å². The SMILES string of the molecule is CCCNC(=O)[C@H](C)N(Cc1cccc(Cl)c1)C(=O)CN(c1ccccc1Cl)S(=O)(=O)c1ccccc1. The molecule has 3 aromatic rings. The first-order valence-corrected chi connectivity index (χ1v) is 14.0. The van der Waals surface area contributed by atoms with Crippen molar-refractivity contribution in [3.05, 3.63) is 94.5 Å². The van der Waals surface area contributed by atoms with Crippen molar-refractivity contribution >= 4 is 50.7 Å². The first-order chi connectivity index (χ1) is 17.6. The molecule has 0 saturated heterocycles.